The maximum atomic E-state index is 12.6. The molecule has 1 nitrogen and oxygen atoms in total. The third kappa shape index (κ3) is 2.38. The van der Waals surface area contributed by atoms with E-state index in [2.05, 4.69) is 0 Å². The molecule has 0 saturated heterocycles. The molecule has 0 bridgehead atoms. The molecule has 0 rings (SSSR count). The van der Waals surface area contributed by atoms with E-state index < -0.39 is 42.4 Å². The lowest BCUT2D eigenvalue weighted by Gasteiger charge is -2.48. The molecule has 0 unspecified atom stereocenters. The van der Waals surface area contributed by atoms with Gasteiger partial charge in [-0.2, -0.15) is 39.5 Å². The van der Waals surface area contributed by atoms with Crippen LogP contribution in [0, 0.1) is 5.41 Å². The normalized spacial score (nSPS) is 15.8. The van der Waals surface area contributed by atoms with Crippen LogP contribution >= 0.6 is 0 Å². The molecule has 0 aromatic rings. The first-order valence-electron chi connectivity index (χ1n) is 5.05. The summed E-state index contributed by atoms with van der Waals surface area (Å²) in [5.41, 5.74) is -10.2. The summed E-state index contributed by atoms with van der Waals surface area (Å²) in [5, 5.41) is 9.39. The van der Waals surface area contributed by atoms with Crippen molar-refractivity contribution in [3.8, 4) is 0 Å². The van der Waals surface area contributed by atoms with Gasteiger partial charge in [0.05, 0.1) is 5.60 Å². The van der Waals surface area contributed by atoms with Crippen molar-refractivity contribution in [2.45, 2.75) is 50.8 Å². The molecule has 0 aliphatic rings. The first-order chi connectivity index (χ1) is 8.12. The van der Waals surface area contributed by atoms with E-state index in [0.29, 0.717) is 13.8 Å². The number of aliphatic hydroxyl groups is 1. The van der Waals surface area contributed by atoms with Crippen LogP contribution in [-0.2, 0) is 0 Å². The Balaban J connectivity index is 6.61. The summed E-state index contributed by atoms with van der Waals surface area (Å²) in [5.74, 6) is 0. The molecule has 0 saturated carbocycles. The molecule has 0 atom stereocenters. The average Bonchev–Trinajstić information content (AvgIpc) is 2.10. The summed E-state index contributed by atoms with van der Waals surface area (Å²) >= 11 is 0. The molecular formula is C9H11F9O. The monoisotopic (exact) mass is 306 g/mol. The van der Waals surface area contributed by atoms with Gasteiger partial charge in [-0.25, -0.2) is 0 Å². The third-order valence-electron chi connectivity index (χ3n) is 3.14. The second-order valence-corrected chi connectivity index (χ2v) is 3.98. The minimum absolute atomic E-state index is 0.626. The number of rotatable bonds is 3. The van der Waals surface area contributed by atoms with E-state index in [1.807, 2.05) is 0 Å². The second-order valence-electron chi connectivity index (χ2n) is 3.98. The van der Waals surface area contributed by atoms with E-state index in [1.165, 1.54) is 0 Å². The Morgan fingerprint density at radius 1 is 0.632 bits per heavy atom. The van der Waals surface area contributed by atoms with Crippen LogP contribution < -0.4 is 0 Å². The highest BCUT2D eigenvalue weighted by Gasteiger charge is 2.89. The van der Waals surface area contributed by atoms with Crippen LogP contribution in [0.5, 0.6) is 0 Å². The SMILES string of the molecule is CCC(O)(CC)C(C(F)(F)F)(C(F)(F)F)C(F)(F)F. The fourth-order valence-corrected chi connectivity index (χ4v) is 2.05. The van der Waals surface area contributed by atoms with Gasteiger partial charge < -0.3 is 5.11 Å². The van der Waals surface area contributed by atoms with E-state index in [0.717, 1.165) is 0 Å². The van der Waals surface area contributed by atoms with Gasteiger partial charge >= 0.3 is 18.5 Å². The summed E-state index contributed by atoms with van der Waals surface area (Å²) in [6.45, 7) is 1.25. The maximum Gasteiger partial charge on any atom is 0.414 e. The summed E-state index contributed by atoms with van der Waals surface area (Å²) in [7, 11) is 0. The molecule has 0 aliphatic carbocycles. The van der Waals surface area contributed by atoms with Gasteiger partial charge in [0, 0.05) is 0 Å². The average molecular weight is 306 g/mol. The van der Waals surface area contributed by atoms with Crippen molar-refractivity contribution in [2.24, 2.45) is 5.41 Å². The lowest BCUT2D eigenvalue weighted by atomic mass is 9.66. The number of alkyl halides is 9. The van der Waals surface area contributed by atoms with Gasteiger partial charge in [-0.1, -0.05) is 13.8 Å². The van der Waals surface area contributed by atoms with Crippen molar-refractivity contribution < 1.29 is 44.6 Å². The van der Waals surface area contributed by atoms with Gasteiger partial charge in [0.2, 0.25) is 0 Å². The van der Waals surface area contributed by atoms with Crippen LogP contribution in [0.15, 0.2) is 0 Å². The Morgan fingerprint density at radius 2 is 0.842 bits per heavy atom. The first-order valence-corrected chi connectivity index (χ1v) is 5.05. The minimum Gasteiger partial charge on any atom is -0.388 e. The van der Waals surface area contributed by atoms with Crippen LogP contribution in [0.25, 0.3) is 0 Å². The fraction of sp³-hybridized carbons (Fsp3) is 1.00. The highest BCUT2D eigenvalue weighted by atomic mass is 19.4. The summed E-state index contributed by atoms with van der Waals surface area (Å²) in [4.78, 5) is 0. The Bertz CT molecular complexity index is 271. The Morgan fingerprint density at radius 3 is 0.895 bits per heavy atom. The van der Waals surface area contributed by atoms with Gasteiger partial charge in [-0.15, -0.1) is 0 Å². The topological polar surface area (TPSA) is 20.2 Å². The molecule has 19 heavy (non-hydrogen) atoms. The number of halogens is 9. The molecule has 0 spiro atoms. The van der Waals surface area contributed by atoms with Gasteiger partial charge in [-0.05, 0) is 12.8 Å². The Hall–Kier alpha value is -0.670. The van der Waals surface area contributed by atoms with Crippen molar-refractivity contribution in [3.05, 3.63) is 0 Å². The van der Waals surface area contributed by atoms with Crippen LogP contribution in [0.3, 0.4) is 0 Å². The zero-order chi connectivity index (χ0) is 15.9. The Kier molecular flexibility index (Phi) is 4.54. The van der Waals surface area contributed by atoms with Crippen molar-refractivity contribution in [1.29, 1.82) is 0 Å². The molecule has 0 aromatic carbocycles. The van der Waals surface area contributed by atoms with Crippen molar-refractivity contribution in [2.75, 3.05) is 0 Å². The molecule has 0 aromatic heterocycles. The van der Waals surface area contributed by atoms with Crippen LogP contribution in [-0.4, -0.2) is 29.2 Å². The number of hydrogen-bond acceptors (Lipinski definition) is 1. The molecule has 0 fully saturated rings. The molecule has 116 valence electrons. The predicted molar refractivity (Wildman–Crippen MR) is 46.1 cm³/mol. The first kappa shape index (κ1) is 18.3. The molecule has 0 amide bonds. The molecule has 0 radical (unpaired) electrons. The number of hydrogen-bond donors (Lipinski definition) is 1. The van der Waals surface area contributed by atoms with Crippen molar-refractivity contribution in [3.63, 3.8) is 0 Å². The lowest BCUT2D eigenvalue weighted by Crippen LogP contribution is -2.71. The zero-order valence-electron chi connectivity index (χ0n) is 9.76. The maximum absolute atomic E-state index is 12.6. The van der Waals surface area contributed by atoms with Gasteiger partial charge in [0.15, 0.2) is 0 Å². The van der Waals surface area contributed by atoms with Gasteiger partial charge in [0.25, 0.3) is 5.41 Å². The molecular weight excluding hydrogens is 295 g/mol. The van der Waals surface area contributed by atoms with E-state index >= 15 is 0 Å². The largest absolute Gasteiger partial charge is 0.414 e. The van der Waals surface area contributed by atoms with E-state index in [1.54, 1.807) is 0 Å². The molecule has 10 heteroatoms. The zero-order valence-corrected chi connectivity index (χ0v) is 9.76. The molecule has 0 heterocycles. The lowest BCUT2D eigenvalue weighted by molar-refractivity contribution is -0.467. The van der Waals surface area contributed by atoms with Gasteiger partial charge in [0.1, 0.15) is 0 Å². The van der Waals surface area contributed by atoms with Gasteiger partial charge in [-0.3, -0.25) is 0 Å². The van der Waals surface area contributed by atoms with Crippen LogP contribution in [0.4, 0.5) is 39.5 Å². The van der Waals surface area contributed by atoms with Crippen molar-refractivity contribution >= 4 is 0 Å². The third-order valence-corrected chi connectivity index (χ3v) is 3.14. The highest BCUT2D eigenvalue weighted by Crippen LogP contribution is 2.65. The van der Waals surface area contributed by atoms with Crippen molar-refractivity contribution in [1.82, 2.24) is 0 Å². The standard InChI is InChI=1S/C9H11F9O/c1-3-5(19,4-2)6(7(10,11)12,8(13,14)15)9(16,17)18/h19H,3-4H2,1-2H3. The smallest absolute Gasteiger partial charge is 0.388 e. The second kappa shape index (κ2) is 4.71. The molecule has 1 N–H and O–H groups in total. The minimum atomic E-state index is -6.73. The van der Waals surface area contributed by atoms with Crippen LogP contribution in [0.2, 0.25) is 0 Å². The highest BCUT2D eigenvalue weighted by molar-refractivity contribution is 5.11. The van der Waals surface area contributed by atoms with E-state index in [-0.39, 0.29) is 0 Å². The Labute approximate surface area is 102 Å². The van der Waals surface area contributed by atoms with Crippen LogP contribution in [0.1, 0.15) is 26.7 Å². The summed E-state index contributed by atoms with van der Waals surface area (Å²) < 4.78 is 114. The van der Waals surface area contributed by atoms with E-state index in [9.17, 15) is 44.6 Å². The summed E-state index contributed by atoms with van der Waals surface area (Å²) in [6, 6.07) is 0. The predicted octanol–water partition coefficient (Wildman–Crippen LogP) is 4.21. The van der Waals surface area contributed by atoms with E-state index in [4.69, 9.17) is 0 Å². The fourth-order valence-electron chi connectivity index (χ4n) is 2.05. The summed E-state index contributed by atoms with van der Waals surface area (Å²) in [6.07, 6.45) is -22.9. The molecule has 0 aliphatic heterocycles. The quantitative estimate of drug-likeness (QED) is 0.774.